The van der Waals surface area contributed by atoms with Gasteiger partial charge in [-0.05, 0) is 42.5 Å². The van der Waals surface area contributed by atoms with Crippen molar-refractivity contribution in [3.8, 4) is 0 Å². The predicted molar refractivity (Wildman–Crippen MR) is 113 cm³/mol. The lowest BCUT2D eigenvalue weighted by atomic mass is 10.2. The second kappa shape index (κ2) is 7.80. The van der Waals surface area contributed by atoms with E-state index in [1.54, 1.807) is 48.5 Å². The van der Waals surface area contributed by atoms with Crippen molar-refractivity contribution in [2.24, 2.45) is 0 Å². The number of hydrogen-bond acceptors (Lipinski definition) is 4. The maximum atomic E-state index is 12.8. The number of nitrogens with one attached hydrogen (secondary N) is 1. The first-order valence-corrected chi connectivity index (χ1v) is 9.44. The molecule has 1 aliphatic heterocycles. The van der Waals surface area contributed by atoms with Gasteiger partial charge in [-0.25, -0.2) is 0 Å². The predicted octanol–water partition coefficient (Wildman–Crippen LogP) is 5.36. The molecule has 4 nitrogen and oxygen atoms in total. The van der Waals surface area contributed by atoms with Gasteiger partial charge >= 0.3 is 0 Å². The molecular formula is C18H12Cl2N2O2S2. The zero-order chi connectivity index (χ0) is 18.8. The number of rotatable bonds is 3. The van der Waals surface area contributed by atoms with Gasteiger partial charge in [0.05, 0.1) is 10.6 Å². The lowest BCUT2D eigenvalue weighted by Gasteiger charge is -2.15. The monoisotopic (exact) mass is 422 g/mol. The molecule has 1 aliphatic rings. The van der Waals surface area contributed by atoms with Crippen LogP contribution < -0.4 is 10.2 Å². The lowest BCUT2D eigenvalue weighted by molar-refractivity contribution is -0.114. The number of carbonyl (C=O) groups excluding carboxylic acids is 2. The normalized spacial score (nSPS) is 15.7. The highest BCUT2D eigenvalue weighted by Crippen LogP contribution is 2.38. The van der Waals surface area contributed by atoms with E-state index in [4.69, 9.17) is 35.4 Å². The van der Waals surface area contributed by atoms with Crippen LogP contribution in [0.3, 0.4) is 0 Å². The van der Waals surface area contributed by atoms with Gasteiger partial charge in [-0.3, -0.25) is 14.5 Å². The lowest BCUT2D eigenvalue weighted by Crippen LogP contribution is -2.27. The molecule has 2 aromatic rings. The third-order valence-corrected chi connectivity index (χ3v) is 5.48. The summed E-state index contributed by atoms with van der Waals surface area (Å²) in [5.74, 6) is -0.411. The first kappa shape index (κ1) is 18.9. The summed E-state index contributed by atoms with van der Waals surface area (Å²) in [6.07, 6.45) is 1.65. The molecule has 132 valence electrons. The summed E-state index contributed by atoms with van der Waals surface area (Å²) >= 11 is 18.9. The molecule has 8 heteroatoms. The van der Waals surface area contributed by atoms with Gasteiger partial charge in [0.1, 0.15) is 0 Å². The van der Waals surface area contributed by atoms with Crippen molar-refractivity contribution in [2.45, 2.75) is 6.92 Å². The van der Waals surface area contributed by atoms with Crippen molar-refractivity contribution in [3.63, 3.8) is 0 Å². The number of hydrogen-bond donors (Lipinski definition) is 1. The van der Waals surface area contributed by atoms with E-state index < -0.39 is 0 Å². The molecule has 0 spiro atoms. The second-order valence-electron chi connectivity index (χ2n) is 5.38. The molecule has 0 atom stereocenters. The number of halogens is 2. The van der Waals surface area contributed by atoms with Gasteiger partial charge in [0, 0.05) is 28.2 Å². The van der Waals surface area contributed by atoms with Gasteiger partial charge in [-0.1, -0.05) is 53.2 Å². The van der Waals surface area contributed by atoms with Crippen molar-refractivity contribution in [1.82, 2.24) is 0 Å². The Labute approximate surface area is 170 Å². The summed E-state index contributed by atoms with van der Waals surface area (Å²) in [5, 5.41) is 3.60. The van der Waals surface area contributed by atoms with Crippen molar-refractivity contribution < 1.29 is 9.59 Å². The smallest absolute Gasteiger partial charge is 0.270 e. The third-order valence-electron chi connectivity index (χ3n) is 3.51. The van der Waals surface area contributed by atoms with Crippen LogP contribution in [0.4, 0.5) is 11.4 Å². The Bertz CT molecular complexity index is 922. The molecule has 0 radical (unpaired) electrons. The first-order chi connectivity index (χ1) is 12.4. The fourth-order valence-corrected chi connectivity index (χ4v) is 4.15. The Kier molecular flexibility index (Phi) is 5.67. The minimum Gasteiger partial charge on any atom is -0.326 e. The Morgan fingerprint density at radius 3 is 2.35 bits per heavy atom. The molecule has 0 unspecified atom stereocenters. The summed E-state index contributed by atoms with van der Waals surface area (Å²) in [4.78, 5) is 25.8. The standard InChI is InChI=1S/C18H12Cl2N2O2S2/c1-10(23)21-11-5-7-12(8-6-11)22-17(24)16(26-18(22)25)9-13-14(19)3-2-4-15(13)20/h2-9H,1H3,(H,21,23)/b16-9-. The number of amides is 2. The number of carbonyl (C=O) groups is 2. The summed E-state index contributed by atoms with van der Waals surface area (Å²) in [6.45, 7) is 1.43. The van der Waals surface area contributed by atoms with Crippen LogP contribution in [0.2, 0.25) is 10.0 Å². The molecule has 26 heavy (non-hydrogen) atoms. The van der Waals surface area contributed by atoms with Gasteiger partial charge in [-0.15, -0.1) is 0 Å². The average Bonchev–Trinajstić information content (AvgIpc) is 2.85. The van der Waals surface area contributed by atoms with E-state index in [2.05, 4.69) is 5.32 Å². The molecule has 1 heterocycles. The van der Waals surface area contributed by atoms with Crippen LogP contribution in [0.1, 0.15) is 12.5 Å². The van der Waals surface area contributed by atoms with E-state index in [0.717, 1.165) is 0 Å². The van der Waals surface area contributed by atoms with Crippen molar-refractivity contribution in [2.75, 3.05) is 10.2 Å². The Balaban J connectivity index is 1.90. The second-order valence-corrected chi connectivity index (χ2v) is 7.87. The molecule has 0 saturated carbocycles. The number of thioether (sulfide) groups is 1. The number of nitrogens with zero attached hydrogens (tertiary/aromatic N) is 1. The van der Waals surface area contributed by atoms with Gasteiger partial charge in [0.25, 0.3) is 5.91 Å². The molecule has 0 aliphatic carbocycles. The van der Waals surface area contributed by atoms with E-state index in [1.165, 1.54) is 23.6 Å². The van der Waals surface area contributed by atoms with Crippen LogP contribution >= 0.6 is 47.2 Å². The summed E-state index contributed by atoms with van der Waals surface area (Å²) in [5.41, 5.74) is 1.85. The highest BCUT2D eigenvalue weighted by Gasteiger charge is 2.33. The third kappa shape index (κ3) is 3.94. The Morgan fingerprint density at radius 1 is 1.15 bits per heavy atom. The van der Waals surface area contributed by atoms with E-state index >= 15 is 0 Å². The SMILES string of the molecule is CC(=O)Nc1ccc(N2C(=O)/C(=C/c3c(Cl)cccc3Cl)SC2=S)cc1. The van der Waals surface area contributed by atoms with Crippen LogP contribution in [0.5, 0.6) is 0 Å². The molecule has 1 saturated heterocycles. The van der Waals surface area contributed by atoms with Gasteiger partial charge in [-0.2, -0.15) is 0 Å². The molecule has 2 amide bonds. The molecule has 1 fully saturated rings. The summed E-state index contributed by atoms with van der Waals surface area (Å²) in [6, 6.07) is 12.0. The van der Waals surface area contributed by atoms with E-state index in [0.29, 0.717) is 36.2 Å². The highest BCUT2D eigenvalue weighted by molar-refractivity contribution is 8.27. The fourth-order valence-electron chi connectivity index (χ4n) is 2.37. The zero-order valence-electron chi connectivity index (χ0n) is 13.5. The zero-order valence-corrected chi connectivity index (χ0v) is 16.6. The number of anilines is 2. The van der Waals surface area contributed by atoms with Crippen LogP contribution in [0.25, 0.3) is 6.08 Å². The quantitative estimate of drug-likeness (QED) is 0.534. The van der Waals surface area contributed by atoms with E-state index in [1.807, 2.05) is 0 Å². The highest BCUT2D eigenvalue weighted by atomic mass is 35.5. The van der Waals surface area contributed by atoms with Crippen LogP contribution in [-0.2, 0) is 9.59 Å². The maximum Gasteiger partial charge on any atom is 0.270 e. The molecule has 0 aromatic heterocycles. The number of thiocarbonyl (C=S) groups is 1. The first-order valence-electron chi connectivity index (χ1n) is 7.46. The Morgan fingerprint density at radius 2 is 1.77 bits per heavy atom. The Hall–Kier alpha value is -1.86. The molecule has 3 rings (SSSR count). The van der Waals surface area contributed by atoms with Crippen LogP contribution in [0, 0.1) is 0 Å². The number of benzene rings is 2. The topological polar surface area (TPSA) is 49.4 Å². The largest absolute Gasteiger partial charge is 0.326 e. The molecule has 0 bridgehead atoms. The van der Waals surface area contributed by atoms with E-state index in [9.17, 15) is 9.59 Å². The minimum atomic E-state index is -0.247. The fraction of sp³-hybridized carbons (Fsp3) is 0.0556. The molecule has 2 aromatic carbocycles. The van der Waals surface area contributed by atoms with Gasteiger partial charge < -0.3 is 5.32 Å². The maximum absolute atomic E-state index is 12.8. The van der Waals surface area contributed by atoms with Crippen LogP contribution in [0.15, 0.2) is 47.4 Å². The molecular weight excluding hydrogens is 411 g/mol. The average molecular weight is 423 g/mol. The summed E-state index contributed by atoms with van der Waals surface area (Å²) < 4.78 is 0.414. The van der Waals surface area contributed by atoms with Crippen molar-refractivity contribution in [1.29, 1.82) is 0 Å². The van der Waals surface area contributed by atoms with Gasteiger partial charge in [0.2, 0.25) is 5.91 Å². The van der Waals surface area contributed by atoms with Gasteiger partial charge in [0.15, 0.2) is 4.32 Å². The minimum absolute atomic E-state index is 0.164. The van der Waals surface area contributed by atoms with Crippen LogP contribution in [-0.4, -0.2) is 16.1 Å². The molecule has 1 N–H and O–H groups in total. The van der Waals surface area contributed by atoms with E-state index in [-0.39, 0.29) is 11.8 Å². The summed E-state index contributed by atoms with van der Waals surface area (Å²) in [7, 11) is 0. The van der Waals surface area contributed by atoms with Crippen molar-refractivity contribution >= 4 is 80.8 Å². The van der Waals surface area contributed by atoms with Crippen molar-refractivity contribution in [3.05, 3.63) is 63.0 Å².